The average Bonchev–Trinajstić information content (AvgIpc) is 2.28. The van der Waals surface area contributed by atoms with Gasteiger partial charge in [-0.25, -0.2) is 0 Å². The van der Waals surface area contributed by atoms with Gasteiger partial charge in [0.25, 0.3) is 0 Å². The summed E-state index contributed by atoms with van der Waals surface area (Å²) in [4.78, 5) is 15.8. The van der Waals surface area contributed by atoms with E-state index < -0.39 is 0 Å². The number of ether oxygens (including phenoxy) is 1. The fourth-order valence-electron chi connectivity index (χ4n) is 2.15. The first-order chi connectivity index (χ1) is 8.61. The summed E-state index contributed by atoms with van der Waals surface area (Å²) in [7, 11) is 1.54. The molecule has 0 spiro atoms. The predicted octanol–water partition coefficient (Wildman–Crippen LogP) is 3.06. The molecule has 96 valence electrons. The van der Waals surface area contributed by atoms with Crippen molar-refractivity contribution in [3.63, 3.8) is 0 Å². The topological polar surface area (TPSA) is 47.9 Å². The highest BCUT2D eigenvalue weighted by Crippen LogP contribution is 2.33. The van der Waals surface area contributed by atoms with E-state index in [4.69, 9.17) is 9.57 Å². The molecule has 1 aromatic rings. The van der Waals surface area contributed by atoms with Crippen LogP contribution in [0.5, 0.6) is 5.75 Å². The summed E-state index contributed by atoms with van der Waals surface area (Å²) in [6.07, 6.45) is 2.86. The maximum atomic E-state index is 11.0. The molecule has 0 N–H and O–H groups in total. The third-order valence-corrected chi connectivity index (χ3v) is 3.38. The molecule has 0 bridgehead atoms. The Hall–Kier alpha value is -1.36. The van der Waals surface area contributed by atoms with Gasteiger partial charge in [0, 0.05) is 17.0 Å². The molecule has 2 rings (SSSR count). The number of oxime groups is 1. The SMILES string of the molecule is CON=C1CCCc2cc(OC(C)=O)cc(Br)c21. The smallest absolute Gasteiger partial charge is 0.308 e. The Morgan fingerprint density at radius 3 is 2.83 bits per heavy atom. The molecule has 0 fully saturated rings. The Kier molecular flexibility index (Phi) is 4.01. The van der Waals surface area contributed by atoms with Crippen LogP contribution < -0.4 is 4.74 Å². The molecule has 0 saturated heterocycles. The molecule has 0 saturated carbocycles. The zero-order valence-electron chi connectivity index (χ0n) is 10.3. The standard InChI is InChI=1S/C13H14BrNO3/c1-8(16)18-10-6-9-4-3-5-12(15-17-2)13(9)11(14)7-10/h6-7H,3-5H2,1-2H3. The number of carbonyl (C=O) groups excluding carboxylic acids is 1. The molecule has 0 heterocycles. The van der Waals surface area contributed by atoms with Crippen molar-refractivity contribution in [2.75, 3.05) is 7.11 Å². The molecular weight excluding hydrogens is 298 g/mol. The molecule has 0 amide bonds. The van der Waals surface area contributed by atoms with Crippen LogP contribution in [0.3, 0.4) is 0 Å². The number of nitrogens with zero attached hydrogens (tertiary/aromatic N) is 1. The van der Waals surface area contributed by atoms with Crippen molar-refractivity contribution in [2.45, 2.75) is 26.2 Å². The van der Waals surface area contributed by atoms with Crippen LogP contribution in [0.15, 0.2) is 21.8 Å². The number of rotatable bonds is 2. The summed E-state index contributed by atoms with van der Waals surface area (Å²) in [5.41, 5.74) is 3.11. The van der Waals surface area contributed by atoms with Gasteiger partial charge >= 0.3 is 5.97 Å². The van der Waals surface area contributed by atoms with Crippen LogP contribution in [0.4, 0.5) is 0 Å². The van der Waals surface area contributed by atoms with E-state index in [1.54, 1.807) is 13.2 Å². The van der Waals surface area contributed by atoms with Crippen LogP contribution in [0, 0.1) is 0 Å². The van der Waals surface area contributed by atoms with Gasteiger partial charge in [-0.2, -0.15) is 0 Å². The van der Waals surface area contributed by atoms with Crippen LogP contribution in [0.1, 0.15) is 30.9 Å². The molecule has 0 unspecified atom stereocenters. The summed E-state index contributed by atoms with van der Waals surface area (Å²) >= 11 is 3.51. The Labute approximate surface area is 114 Å². The molecule has 4 nitrogen and oxygen atoms in total. The summed E-state index contributed by atoms with van der Waals surface area (Å²) in [6, 6.07) is 3.68. The number of aryl methyl sites for hydroxylation is 1. The van der Waals surface area contributed by atoms with Gasteiger partial charge in [0.2, 0.25) is 0 Å². The van der Waals surface area contributed by atoms with E-state index in [1.165, 1.54) is 6.92 Å². The lowest BCUT2D eigenvalue weighted by molar-refractivity contribution is -0.131. The maximum Gasteiger partial charge on any atom is 0.308 e. The first-order valence-corrected chi connectivity index (χ1v) is 6.52. The van der Waals surface area contributed by atoms with E-state index >= 15 is 0 Å². The van der Waals surface area contributed by atoms with Crippen molar-refractivity contribution < 1.29 is 14.4 Å². The fraction of sp³-hybridized carbons (Fsp3) is 0.385. The number of benzene rings is 1. The van der Waals surface area contributed by atoms with Crippen molar-refractivity contribution in [1.29, 1.82) is 0 Å². The average molecular weight is 312 g/mol. The monoisotopic (exact) mass is 311 g/mol. The molecule has 1 aliphatic rings. The minimum atomic E-state index is -0.316. The highest BCUT2D eigenvalue weighted by molar-refractivity contribution is 9.10. The summed E-state index contributed by atoms with van der Waals surface area (Å²) in [5.74, 6) is 0.246. The minimum Gasteiger partial charge on any atom is -0.427 e. The van der Waals surface area contributed by atoms with E-state index in [0.717, 1.165) is 40.6 Å². The van der Waals surface area contributed by atoms with E-state index in [0.29, 0.717) is 5.75 Å². The zero-order valence-corrected chi connectivity index (χ0v) is 11.9. The molecule has 0 atom stereocenters. The second kappa shape index (κ2) is 5.52. The lowest BCUT2D eigenvalue weighted by Gasteiger charge is -2.19. The Bertz CT molecular complexity index is 511. The highest BCUT2D eigenvalue weighted by Gasteiger charge is 2.20. The lowest BCUT2D eigenvalue weighted by Crippen LogP contribution is -2.14. The van der Waals surface area contributed by atoms with Crippen molar-refractivity contribution in [3.05, 3.63) is 27.7 Å². The van der Waals surface area contributed by atoms with Crippen molar-refractivity contribution >= 4 is 27.6 Å². The first-order valence-electron chi connectivity index (χ1n) is 5.73. The number of hydrogen-bond acceptors (Lipinski definition) is 4. The lowest BCUT2D eigenvalue weighted by atomic mass is 9.90. The molecule has 0 aliphatic heterocycles. The normalized spacial score (nSPS) is 16.3. The van der Waals surface area contributed by atoms with Crippen LogP contribution in [0.2, 0.25) is 0 Å². The maximum absolute atomic E-state index is 11.0. The third-order valence-electron chi connectivity index (χ3n) is 2.76. The van der Waals surface area contributed by atoms with Crippen molar-refractivity contribution in [1.82, 2.24) is 0 Å². The number of carbonyl (C=O) groups is 1. The number of halogens is 1. The van der Waals surface area contributed by atoms with Gasteiger partial charge in [-0.3, -0.25) is 4.79 Å². The molecule has 18 heavy (non-hydrogen) atoms. The number of hydrogen-bond donors (Lipinski definition) is 0. The van der Waals surface area contributed by atoms with E-state index in [1.807, 2.05) is 6.07 Å². The number of fused-ring (bicyclic) bond motifs is 1. The van der Waals surface area contributed by atoms with E-state index in [2.05, 4.69) is 21.1 Å². The highest BCUT2D eigenvalue weighted by atomic mass is 79.9. The summed E-state index contributed by atoms with van der Waals surface area (Å²) in [5, 5.41) is 4.06. The second-order valence-electron chi connectivity index (χ2n) is 4.11. The molecule has 0 radical (unpaired) electrons. The van der Waals surface area contributed by atoms with Crippen LogP contribution in [0.25, 0.3) is 0 Å². The van der Waals surface area contributed by atoms with Gasteiger partial charge in [-0.1, -0.05) is 5.16 Å². The van der Waals surface area contributed by atoms with Crippen LogP contribution >= 0.6 is 15.9 Å². The Balaban J connectivity index is 2.45. The first kappa shape index (κ1) is 13.1. The molecular formula is C13H14BrNO3. The predicted molar refractivity (Wildman–Crippen MR) is 71.9 cm³/mol. The fourth-order valence-corrected chi connectivity index (χ4v) is 2.86. The Morgan fingerprint density at radius 2 is 2.17 bits per heavy atom. The zero-order chi connectivity index (χ0) is 13.1. The quantitative estimate of drug-likeness (QED) is 0.479. The van der Waals surface area contributed by atoms with Gasteiger partial charge in [-0.15, -0.1) is 0 Å². The molecule has 1 aromatic carbocycles. The van der Waals surface area contributed by atoms with Crippen LogP contribution in [-0.4, -0.2) is 18.8 Å². The van der Waals surface area contributed by atoms with Crippen LogP contribution in [-0.2, 0) is 16.1 Å². The largest absolute Gasteiger partial charge is 0.427 e. The van der Waals surface area contributed by atoms with Gasteiger partial charge in [0.05, 0.1) is 5.71 Å². The molecule has 5 heteroatoms. The van der Waals surface area contributed by atoms with Gasteiger partial charge in [-0.05, 0) is 52.9 Å². The third kappa shape index (κ3) is 2.72. The van der Waals surface area contributed by atoms with E-state index in [9.17, 15) is 4.79 Å². The number of esters is 1. The molecule has 0 aromatic heterocycles. The summed E-state index contributed by atoms with van der Waals surface area (Å²) in [6.45, 7) is 1.39. The van der Waals surface area contributed by atoms with Crippen molar-refractivity contribution in [2.24, 2.45) is 5.16 Å². The Morgan fingerprint density at radius 1 is 1.39 bits per heavy atom. The minimum absolute atomic E-state index is 0.316. The second-order valence-corrected chi connectivity index (χ2v) is 4.96. The summed E-state index contributed by atoms with van der Waals surface area (Å²) < 4.78 is 6.00. The van der Waals surface area contributed by atoms with Gasteiger partial charge in [0.1, 0.15) is 12.9 Å². The van der Waals surface area contributed by atoms with Gasteiger partial charge in [0.15, 0.2) is 0 Å². The van der Waals surface area contributed by atoms with E-state index in [-0.39, 0.29) is 5.97 Å². The molecule has 1 aliphatic carbocycles. The van der Waals surface area contributed by atoms with Crippen molar-refractivity contribution in [3.8, 4) is 5.75 Å². The van der Waals surface area contributed by atoms with Gasteiger partial charge < -0.3 is 9.57 Å².